The summed E-state index contributed by atoms with van der Waals surface area (Å²) < 4.78 is 10.3. The Hall–Kier alpha value is -1.91. The zero-order valence-corrected chi connectivity index (χ0v) is 14.2. The van der Waals surface area contributed by atoms with Crippen LogP contribution in [-0.4, -0.2) is 32.0 Å². The van der Waals surface area contributed by atoms with Crippen LogP contribution in [0.3, 0.4) is 0 Å². The van der Waals surface area contributed by atoms with Crippen molar-refractivity contribution in [3.63, 3.8) is 0 Å². The lowest BCUT2D eigenvalue weighted by Crippen LogP contribution is -2.33. The van der Waals surface area contributed by atoms with Gasteiger partial charge in [0.15, 0.2) is 0 Å². The number of phenols is 1. The van der Waals surface area contributed by atoms with Gasteiger partial charge in [-0.3, -0.25) is 4.90 Å². The summed E-state index contributed by atoms with van der Waals surface area (Å²) in [5.41, 5.74) is 2.31. The van der Waals surface area contributed by atoms with Gasteiger partial charge in [-0.25, -0.2) is 4.79 Å². The lowest BCUT2D eigenvalue weighted by Gasteiger charge is -2.27. The zero-order valence-electron chi connectivity index (χ0n) is 14.2. The highest BCUT2D eigenvalue weighted by Gasteiger charge is 2.25. The summed E-state index contributed by atoms with van der Waals surface area (Å²) in [6.45, 7) is 6.55. The van der Waals surface area contributed by atoms with Crippen molar-refractivity contribution in [2.45, 2.75) is 46.5 Å². The molecular weight excluding hydrogens is 282 g/mol. The van der Waals surface area contributed by atoms with E-state index in [1.165, 1.54) is 7.11 Å². The first-order chi connectivity index (χ1) is 10.5. The van der Waals surface area contributed by atoms with E-state index in [0.717, 1.165) is 30.4 Å². The Bertz CT molecular complexity index is 514. The number of methoxy groups -OCH3 is 2. The van der Waals surface area contributed by atoms with Crippen molar-refractivity contribution >= 4 is 11.8 Å². The maximum absolute atomic E-state index is 12.2. The van der Waals surface area contributed by atoms with E-state index in [2.05, 4.69) is 6.92 Å². The van der Waals surface area contributed by atoms with Gasteiger partial charge in [0.2, 0.25) is 0 Å². The highest BCUT2D eigenvalue weighted by atomic mass is 16.5. The lowest BCUT2D eigenvalue weighted by atomic mass is 10.00. The van der Waals surface area contributed by atoms with E-state index < -0.39 is 6.09 Å². The third-order valence-corrected chi connectivity index (χ3v) is 3.71. The second-order valence-electron chi connectivity index (χ2n) is 5.28. The molecule has 1 amide bonds. The molecule has 0 heterocycles. The Morgan fingerprint density at radius 2 is 1.95 bits per heavy atom. The Balaban J connectivity index is 3.48. The minimum absolute atomic E-state index is 0.157. The van der Waals surface area contributed by atoms with Gasteiger partial charge in [0.25, 0.3) is 0 Å². The van der Waals surface area contributed by atoms with Gasteiger partial charge in [-0.1, -0.05) is 26.7 Å². The molecule has 1 aromatic carbocycles. The number of anilines is 1. The van der Waals surface area contributed by atoms with Gasteiger partial charge >= 0.3 is 6.09 Å². The van der Waals surface area contributed by atoms with Crippen molar-refractivity contribution in [1.82, 2.24) is 0 Å². The molecule has 1 aromatic rings. The Labute approximate surface area is 132 Å². The van der Waals surface area contributed by atoms with Crippen LogP contribution in [0.2, 0.25) is 0 Å². The van der Waals surface area contributed by atoms with Crippen LogP contribution in [0.5, 0.6) is 11.5 Å². The number of rotatable bonds is 7. The van der Waals surface area contributed by atoms with Crippen LogP contribution < -0.4 is 9.64 Å². The van der Waals surface area contributed by atoms with Crippen LogP contribution in [0.4, 0.5) is 10.5 Å². The van der Waals surface area contributed by atoms with E-state index in [4.69, 9.17) is 9.47 Å². The van der Waals surface area contributed by atoms with Gasteiger partial charge in [0.05, 0.1) is 19.9 Å². The third kappa shape index (κ3) is 3.84. The van der Waals surface area contributed by atoms with Crippen LogP contribution in [0, 0.1) is 6.92 Å². The molecule has 1 N–H and O–H groups in total. The molecule has 0 radical (unpaired) electrons. The molecule has 0 saturated heterocycles. The van der Waals surface area contributed by atoms with E-state index in [1.807, 2.05) is 13.8 Å². The van der Waals surface area contributed by atoms with Crippen molar-refractivity contribution in [3.05, 3.63) is 17.2 Å². The number of hydrogen-bond acceptors (Lipinski definition) is 4. The number of carbonyl (C=O) groups is 1. The average Bonchev–Trinajstić information content (AvgIpc) is 2.52. The number of aromatic hydroxyl groups is 1. The summed E-state index contributed by atoms with van der Waals surface area (Å²) in [6, 6.07) is 1.61. The fourth-order valence-electron chi connectivity index (χ4n) is 2.58. The second kappa shape index (κ2) is 8.51. The average molecular weight is 309 g/mol. The molecule has 5 nitrogen and oxygen atoms in total. The zero-order chi connectivity index (χ0) is 16.7. The van der Waals surface area contributed by atoms with Crippen LogP contribution in [0.1, 0.15) is 44.2 Å². The molecule has 0 aliphatic heterocycles. The van der Waals surface area contributed by atoms with Gasteiger partial charge in [-0.2, -0.15) is 0 Å². The molecule has 1 rings (SSSR count). The number of benzene rings is 1. The molecule has 0 spiro atoms. The summed E-state index contributed by atoms with van der Waals surface area (Å²) in [5.74, 6) is 0.724. The van der Waals surface area contributed by atoms with Crippen molar-refractivity contribution < 1.29 is 19.4 Å². The number of phenolic OH excluding ortho intramolecular Hbond substituents is 1. The standard InChI is InChI=1S/C17H27NO4/c1-6-8-10-18(17(20)22-5)16-12(3)15(21-4)11-14(19)13(16)9-7-2/h11,19H,6-10H2,1-5H3. The van der Waals surface area contributed by atoms with Gasteiger partial charge in [-0.15, -0.1) is 0 Å². The molecule has 22 heavy (non-hydrogen) atoms. The van der Waals surface area contributed by atoms with E-state index in [9.17, 15) is 9.90 Å². The molecule has 0 saturated carbocycles. The number of nitrogens with zero attached hydrogens (tertiary/aromatic N) is 1. The molecule has 0 fully saturated rings. The molecule has 0 unspecified atom stereocenters. The van der Waals surface area contributed by atoms with Gasteiger partial charge in [-0.05, 0) is 19.8 Å². The first-order valence-corrected chi connectivity index (χ1v) is 7.76. The molecule has 124 valence electrons. The predicted molar refractivity (Wildman–Crippen MR) is 88.0 cm³/mol. The summed E-state index contributed by atoms with van der Waals surface area (Å²) in [5, 5.41) is 10.3. The normalized spacial score (nSPS) is 10.4. The molecule has 0 aliphatic rings. The fourth-order valence-corrected chi connectivity index (χ4v) is 2.58. The van der Waals surface area contributed by atoms with Gasteiger partial charge in [0, 0.05) is 23.7 Å². The molecule has 0 bridgehead atoms. The van der Waals surface area contributed by atoms with Crippen LogP contribution in [0.15, 0.2) is 6.07 Å². The molecular formula is C17H27NO4. The monoisotopic (exact) mass is 309 g/mol. The number of hydrogen-bond donors (Lipinski definition) is 1. The predicted octanol–water partition coefficient (Wildman–Crippen LogP) is 4.03. The molecule has 0 aromatic heterocycles. The number of unbranched alkanes of at least 4 members (excludes halogenated alkanes) is 1. The van der Waals surface area contributed by atoms with E-state index in [0.29, 0.717) is 24.4 Å². The minimum atomic E-state index is -0.415. The number of carbonyl (C=O) groups excluding carboxylic acids is 1. The van der Waals surface area contributed by atoms with Crippen molar-refractivity contribution in [3.8, 4) is 11.5 Å². The highest BCUT2D eigenvalue weighted by Crippen LogP contribution is 2.39. The van der Waals surface area contributed by atoms with Crippen molar-refractivity contribution in [2.75, 3.05) is 25.7 Å². The summed E-state index contributed by atoms with van der Waals surface area (Å²) in [6.07, 6.45) is 2.96. The van der Waals surface area contributed by atoms with Crippen molar-refractivity contribution in [2.24, 2.45) is 0 Å². The maximum atomic E-state index is 12.2. The SMILES string of the molecule is CCCCN(C(=O)OC)c1c(C)c(OC)cc(O)c1CCC. The highest BCUT2D eigenvalue weighted by molar-refractivity contribution is 5.91. The topological polar surface area (TPSA) is 59.0 Å². The quantitative estimate of drug-likeness (QED) is 0.826. The summed E-state index contributed by atoms with van der Waals surface area (Å²) in [7, 11) is 2.93. The molecule has 0 atom stereocenters. The first-order valence-electron chi connectivity index (χ1n) is 7.76. The fraction of sp³-hybridized carbons (Fsp3) is 0.588. The van der Waals surface area contributed by atoms with Crippen LogP contribution >= 0.6 is 0 Å². The maximum Gasteiger partial charge on any atom is 0.414 e. The minimum Gasteiger partial charge on any atom is -0.507 e. The number of amides is 1. The molecule has 5 heteroatoms. The van der Waals surface area contributed by atoms with Gasteiger partial charge < -0.3 is 14.6 Å². The molecule has 0 aliphatic carbocycles. The van der Waals surface area contributed by atoms with Crippen LogP contribution in [-0.2, 0) is 11.2 Å². The smallest absolute Gasteiger partial charge is 0.414 e. The van der Waals surface area contributed by atoms with E-state index in [1.54, 1.807) is 18.1 Å². The lowest BCUT2D eigenvalue weighted by molar-refractivity contribution is 0.178. The van der Waals surface area contributed by atoms with E-state index in [-0.39, 0.29) is 5.75 Å². The van der Waals surface area contributed by atoms with Crippen LogP contribution in [0.25, 0.3) is 0 Å². The summed E-state index contributed by atoms with van der Waals surface area (Å²) in [4.78, 5) is 13.8. The number of ether oxygens (including phenoxy) is 2. The Morgan fingerprint density at radius 3 is 2.45 bits per heavy atom. The Kier molecular flexibility index (Phi) is 7.02. The summed E-state index contributed by atoms with van der Waals surface area (Å²) >= 11 is 0. The van der Waals surface area contributed by atoms with Crippen molar-refractivity contribution in [1.29, 1.82) is 0 Å². The van der Waals surface area contributed by atoms with Gasteiger partial charge in [0.1, 0.15) is 11.5 Å². The third-order valence-electron chi connectivity index (χ3n) is 3.71. The van der Waals surface area contributed by atoms with E-state index >= 15 is 0 Å². The first kappa shape index (κ1) is 18.1. The largest absolute Gasteiger partial charge is 0.507 e. The second-order valence-corrected chi connectivity index (χ2v) is 5.28. The Morgan fingerprint density at radius 1 is 1.27 bits per heavy atom.